The van der Waals surface area contributed by atoms with Gasteiger partial charge in [0.15, 0.2) is 17.4 Å². The average molecular weight is 401 g/mol. The number of aliphatic imine (C=N–C) groups is 1. The van der Waals surface area contributed by atoms with Crippen molar-refractivity contribution in [2.24, 2.45) is 4.99 Å². The number of amides is 3. The van der Waals surface area contributed by atoms with Crippen LogP contribution in [0.1, 0.15) is 52.4 Å². The number of allylic oxidation sites excluding steroid dienone is 1. The van der Waals surface area contributed by atoms with Crippen LogP contribution in [0, 0.1) is 0 Å². The molecule has 0 aliphatic carbocycles. The lowest BCUT2D eigenvalue weighted by Crippen LogP contribution is -2.63. The number of imide groups is 1. The van der Waals surface area contributed by atoms with Crippen molar-refractivity contribution in [3.63, 3.8) is 0 Å². The lowest BCUT2D eigenvalue weighted by atomic mass is 10.1. The fourth-order valence-electron chi connectivity index (χ4n) is 3.08. The normalized spacial score (nSPS) is 23.2. The minimum absolute atomic E-state index is 0.294. The number of fused-ring (bicyclic) bond motifs is 1. The molecule has 0 aromatic heterocycles. The molecule has 1 N–H and O–H groups in total. The molecule has 26 heavy (non-hydrogen) atoms. The highest BCUT2D eigenvalue weighted by molar-refractivity contribution is 8.13. The van der Waals surface area contributed by atoms with Crippen LogP contribution >= 0.6 is 23.4 Å². The SMILES string of the molecule is CCCCCCCCSC1=NC2C(C(=O)NC(=O)N2C)N1C/C=C(\C)Cl. The zero-order valence-corrected chi connectivity index (χ0v) is 17.4. The molecule has 2 heterocycles. The summed E-state index contributed by atoms with van der Waals surface area (Å²) in [6.45, 7) is 4.54. The minimum atomic E-state index is -0.489. The number of hydrogen-bond acceptors (Lipinski definition) is 5. The van der Waals surface area contributed by atoms with Crippen molar-refractivity contribution in [1.82, 2.24) is 15.1 Å². The van der Waals surface area contributed by atoms with Crippen molar-refractivity contribution in [2.75, 3.05) is 19.3 Å². The van der Waals surface area contributed by atoms with E-state index in [1.165, 1.54) is 37.0 Å². The topological polar surface area (TPSA) is 65.0 Å². The molecule has 146 valence electrons. The van der Waals surface area contributed by atoms with E-state index in [2.05, 4.69) is 17.2 Å². The highest BCUT2D eigenvalue weighted by Crippen LogP contribution is 2.29. The van der Waals surface area contributed by atoms with Gasteiger partial charge in [-0.05, 0) is 13.3 Å². The summed E-state index contributed by atoms with van der Waals surface area (Å²) in [5.74, 6) is 0.668. The van der Waals surface area contributed by atoms with Crippen molar-refractivity contribution in [3.05, 3.63) is 11.1 Å². The van der Waals surface area contributed by atoms with Gasteiger partial charge in [0.2, 0.25) is 0 Å². The molecule has 1 fully saturated rings. The lowest BCUT2D eigenvalue weighted by molar-refractivity contribution is -0.126. The molecule has 8 heteroatoms. The lowest BCUT2D eigenvalue weighted by Gasteiger charge is -2.35. The number of unbranched alkanes of at least 4 members (excludes halogenated alkanes) is 5. The number of nitrogens with one attached hydrogen (secondary N) is 1. The van der Waals surface area contributed by atoms with Crippen molar-refractivity contribution >= 4 is 40.5 Å². The Hall–Kier alpha value is -1.21. The summed E-state index contributed by atoms with van der Waals surface area (Å²) >= 11 is 7.64. The number of rotatable bonds is 9. The van der Waals surface area contributed by atoms with Crippen molar-refractivity contribution in [3.8, 4) is 0 Å². The van der Waals surface area contributed by atoms with Crippen LogP contribution in [0.4, 0.5) is 4.79 Å². The van der Waals surface area contributed by atoms with Gasteiger partial charge in [0, 0.05) is 24.4 Å². The van der Waals surface area contributed by atoms with Crippen molar-refractivity contribution in [2.45, 2.75) is 64.6 Å². The molecule has 6 nitrogen and oxygen atoms in total. The Morgan fingerprint density at radius 1 is 1.27 bits per heavy atom. The van der Waals surface area contributed by atoms with Gasteiger partial charge >= 0.3 is 6.03 Å². The van der Waals surface area contributed by atoms with Crippen LogP contribution in [0.3, 0.4) is 0 Å². The maximum absolute atomic E-state index is 12.4. The first kappa shape index (κ1) is 21.1. The highest BCUT2D eigenvalue weighted by Gasteiger charge is 2.48. The molecule has 2 unspecified atom stereocenters. The maximum Gasteiger partial charge on any atom is 0.325 e. The van der Waals surface area contributed by atoms with Crippen LogP contribution in [0.15, 0.2) is 16.1 Å². The third-order valence-corrected chi connectivity index (χ3v) is 5.87. The summed E-state index contributed by atoms with van der Waals surface area (Å²) in [7, 11) is 1.67. The largest absolute Gasteiger partial charge is 0.332 e. The number of amidine groups is 1. The van der Waals surface area contributed by atoms with Gasteiger partial charge < -0.3 is 9.80 Å². The Morgan fingerprint density at radius 3 is 2.65 bits per heavy atom. The molecule has 1 saturated heterocycles. The van der Waals surface area contributed by atoms with Gasteiger partial charge in [0.1, 0.15) is 0 Å². The van der Waals surface area contributed by atoms with Crippen molar-refractivity contribution < 1.29 is 9.59 Å². The molecule has 0 aromatic carbocycles. The summed E-state index contributed by atoms with van der Waals surface area (Å²) < 4.78 is 0. The summed E-state index contributed by atoms with van der Waals surface area (Å²) in [5, 5.41) is 3.90. The quantitative estimate of drug-likeness (QED) is 0.598. The van der Waals surface area contributed by atoms with Crippen molar-refractivity contribution in [1.29, 1.82) is 0 Å². The van der Waals surface area contributed by atoms with E-state index in [4.69, 9.17) is 11.6 Å². The zero-order chi connectivity index (χ0) is 19.1. The van der Waals surface area contributed by atoms with Crippen LogP contribution in [0.5, 0.6) is 0 Å². The van der Waals surface area contributed by atoms with Crippen LogP contribution < -0.4 is 5.32 Å². The van der Waals surface area contributed by atoms with Gasteiger partial charge in [0.25, 0.3) is 5.91 Å². The summed E-state index contributed by atoms with van der Waals surface area (Å²) in [6, 6.07) is -0.886. The van der Waals surface area contributed by atoms with Gasteiger partial charge in [-0.15, -0.1) is 0 Å². The zero-order valence-electron chi connectivity index (χ0n) is 15.8. The highest BCUT2D eigenvalue weighted by atomic mass is 35.5. The van der Waals surface area contributed by atoms with Gasteiger partial charge in [-0.25, -0.2) is 9.79 Å². The number of hydrogen-bond donors (Lipinski definition) is 1. The number of urea groups is 1. The minimum Gasteiger partial charge on any atom is -0.332 e. The number of halogens is 1. The summed E-state index contributed by atoms with van der Waals surface area (Å²) in [4.78, 5) is 32.4. The number of thioether (sulfide) groups is 1. The Balaban J connectivity index is 1.98. The van der Waals surface area contributed by atoms with Crippen LogP contribution in [-0.4, -0.2) is 58.5 Å². The van der Waals surface area contributed by atoms with Gasteiger partial charge in [-0.1, -0.05) is 68.5 Å². The Morgan fingerprint density at radius 2 is 1.96 bits per heavy atom. The fraction of sp³-hybridized carbons (Fsp3) is 0.722. The molecule has 2 aliphatic heterocycles. The number of nitrogens with zero attached hydrogens (tertiary/aromatic N) is 3. The Labute approximate surface area is 165 Å². The third-order valence-electron chi connectivity index (χ3n) is 4.62. The fourth-order valence-corrected chi connectivity index (χ4v) is 4.22. The van der Waals surface area contributed by atoms with E-state index < -0.39 is 18.2 Å². The second kappa shape index (κ2) is 10.2. The molecule has 0 saturated carbocycles. The van der Waals surface area contributed by atoms with Crippen LogP contribution in [0.25, 0.3) is 0 Å². The van der Waals surface area contributed by atoms with Gasteiger partial charge in [-0.3, -0.25) is 10.1 Å². The first-order valence-electron chi connectivity index (χ1n) is 9.32. The Bertz CT molecular complexity index is 578. The van der Waals surface area contributed by atoms with E-state index in [9.17, 15) is 9.59 Å². The molecule has 0 aromatic rings. The summed E-state index contributed by atoms with van der Waals surface area (Å²) in [6.07, 6.45) is 8.87. The van der Waals surface area contributed by atoms with E-state index >= 15 is 0 Å². The molecule has 2 aliphatic rings. The predicted molar refractivity (Wildman–Crippen MR) is 108 cm³/mol. The summed E-state index contributed by atoms with van der Waals surface area (Å²) in [5.41, 5.74) is 0. The van der Waals surface area contributed by atoms with Crippen LogP contribution in [-0.2, 0) is 4.79 Å². The second-order valence-electron chi connectivity index (χ2n) is 6.73. The molecule has 2 rings (SSSR count). The van der Waals surface area contributed by atoms with E-state index in [0.717, 1.165) is 17.3 Å². The first-order chi connectivity index (χ1) is 12.5. The van der Waals surface area contributed by atoms with E-state index in [-0.39, 0.29) is 5.91 Å². The average Bonchev–Trinajstić information content (AvgIpc) is 2.96. The first-order valence-corrected chi connectivity index (χ1v) is 10.7. The van der Waals surface area contributed by atoms with E-state index in [0.29, 0.717) is 11.6 Å². The smallest absolute Gasteiger partial charge is 0.325 e. The molecular weight excluding hydrogens is 372 g/mol. The number of carbonyl (C=O) groups excluding carboxylic acids is 2. The molecule has 3 amide bonds. The molecule has 0 radical (unpaired) electrons. The maximum atomic E-state index is 12.4. The standard InChI is InChI=1S/C18H29ClN4O2S/c1-4-5-6-7-8-9-12-26-18-20-15-14(23(18)11-10-13(2)19)16(24)21-17(25)22(15)3/h10,14-15H,4-9,11-12H2,1-3H3,(H,21,24,25)/b13-10+. The monoisotopic (exact) mass is 400 g/mol. The van der Waals surface area contributed by atoms with E-state index in [1.54, 1.807) is 18.8 Å². The van der Waals surface area contributed by atoms with E-state index in [1.807, 2.05) is 17.9 Å². The molecule has 2 atom stereocenters. The predicted octanol–water partition coefficient (Wildman–Crippen LogP) is 3.77. The molecule has 0 bridgehead atoms. The molecular formula is C18H29ClN4O2S. The number of likely N-dealkylation sites (N-methyl/N-ethyl adjacent to an activating group) is 1. The van der Waals surface area contributed by atoms with Gasteiger partial charge in [-0.2, -0.15) is 0 Å². The van der Waals surface area contributed by atoms with Gasteiger partial charge in [0.05, 0.1) is 0 Å². The Kier molecular flexibility index (Phi) is 8.28. The third kappa shape index (κ3) is 5.39. The number of carbonyl (C=O) groups is 2. The van der Waals surface area contributed by atoms with Crippen LogP contribution in [0.2, 0.25) is 0 Å². The molecule has 0 spiro atoms. The second-order valence-corrected chi connectivity index (χ2v) is 8.39.